The largest absolute Gasteiger partial charge is 0.495 e. The average molecular weight is 303 g/mol. The van der Waals surface area contributed by atoms with Crippen molar-refractivity contribution in [3.63, 3.8) is 0 Å². The van der Waals surface area contributed by atoms with Gasteiger partial charge < -0.3 is 10.5 Å². The Kier molecular flexibility index (Phi) is 2.26. The lowest BCUT2D eigenvalue weighted by Gasteiger charge is -2.04. The van der Waals surface area contributed by atoms with E-state index in [1.54, 1.807) is 7.11 Å². The number of ether oxygens (including phenoxy) is 1. The number of hydrogen-bond acceptors (Lipinski definition) is 3. The summed E-state index contributed by atoms with van der Waals surface area (Å²) in [5, 5.41) is 0. The highest BCUT2D eigenvalue weighted by Crippen LogP contribution is 2.24. The number of aromatic nitrogens is 2. The van der Waals surface area contributed by atoms with Gasteiger partial charge in [0.25, 0.3) is 0 Å². The van der Waals surface area contributed by atoms with Crippen molar-refractivity contribution in [2.24, 2.45) is 0 Å². The molecule has 0 saturated heterocycles. The summed E-state index contributed by atoms with van der Waals surface area (Å²) in [4.78, 5) is 4.32. The van der Waals surface area contributed by atoms with E-state index in [-0.39, 0.29) is 0 Å². The lowest BCUT2D eigenvalue weighted by molar-refractivity contribution is 0.411. The first-order valence-electron chi connectivity index (χ1n) is 4.11. The Balaban J connectivity index is 2.79. The van der Waals surface area contributed by atoms with Crippen molar-refractivity contribution >= 4 is 34.1 Å². The van der Waals surface area contributed by atoms with Crippen LogP contribution in [-0.2, 0) is 0 Å². The van der Waals surface area contributed by atoms with Crippen molar-refractivity contribution in [3.05, 3.63) is 21.5 Å². The maximum atomic E-state index is 5.85. The Morgan fingerprint density at radius 3 is 2.93 bits per heavy atom. The van der Waals surface area contributed by atoms with Crippen molar-refractivity contribution in [1.29, 1.82) is 0 Å². The molecule has 0 fully saturated rings. The molecule has 74 valence electrons. The minimum Gasteiger partial charge on any atom is -0.495 e. The van der Waals surface area contributed by atoms with E-state index in [0.29, 0.717) is 5.82 Å². The van der Waals surface area contributed by atoms with Crippen LogP contribution in [0.15, 0.2) is 12.3 Å². The number of nitrogen functional groups attached to an aromatic ring is 1. The zero-order valence-electron chi connectivity index (χ0n) is 7.91. The number of imidazole rings is 1. The molecule has 2 rings (SSSR count). The van der Waals surface area contributed by atoms with Gasteiger partial charge in [-0.25, -0.2) is 4.98 Å². The molecule has 14 heavy (non-hydrogen) atoms. The molecule has 0 radical (unpaired) electrons. The molecular formula is C9H10IN3O. The van der Waals surface area contributed by atoms with Gasteiger partial charge in [0.1, 0.15) is 17.2 Å². The Morgan fingerprint density at radius 2 is 2.29 bits per heavy atom. The Morgan fingerprint density at radius 1 is 1.57 bits per heavy atom. The average Bonchev–Trinajstić information content (AvgIpc) is 2.43. The first kappa shape index (κ1) is 9.57. The highest BCUT2D eigenvalue weighted by molar-refractivity contribution is 14.1. The molecule has 0 spiro atoms. The third-order valence-corrected chi connectivity index (χ3v) is 2.93. The summed E-state index contributed by atoms with van der Waals surface area (Å²) in [5.74, 6) is 1.50. The first-order chi connectivity index (χ1) is 6.63. The van der Waals surface area contributed by atoms with Crippen molar-refractivity contribution in [1.82, 2.24) is 9.38 Å². The van der Waals surface area contributed by atoms with Gasteiger partial charge in [-0.1, -0.05) is 0 Å². The quantitative estimate of drug-likeness (QED) is 0.818. The minimum atomic E-state index is 0.681. The number of anilines is 1. The van der Waals surface area contributed by atoms with Crippen LogP contribution in [0.1, 0.15) is 5.69 Å². The lowest BCUT2D eigenvalue weighted by atomic mass is 10.4. The first-order valence-corrected chi connectivity index (χ1v) is 5.19. The fourth-order valence-corrected chi connectivity index (χ4v) is 1.99. The molecule has 4 nitrogen and oxygen atoms in total. The zero-order valence-corrected chi connectivity index (χ0v) is 10.1. The van der Waals surface area contributed by atoms with Gasteiger partial charge in [0.05, 0.1) is 16.4 Å². The molecule has 0 aliphatic rings. The van der Waals surface area contributed by atoms with Crippen LogP contribution in [0.3, 0.4) is 0 Å². The van der Waals surface area contributed by atoms with E-state index in [1.165, 1.54) is 0 Å². The van der Waals surface area contributed by atoms with Crippen LogP contribution in [0.25, 0.3) is 5.65 Å². The van der Waals surface area contributed by atoms with Crippen LogP contribution >= 0.6 is 22.6 Å². The SMILES string of the molecule is COc1cc2nc(C)c(N)n2cc1I. The molecule has 0 aromatic carbocycles. The smallest absolute Gasteiger partial charge is 0.142 e. The van der Waals surface area contributed by atoms with E-state index in [4.69, 9.17) is 10.5 Å². The van der Waals surface area contributed by atoms with E-state index in [2.05, 4.69) is 27.6 Å². The minimum absolute atomic E-state index is 0.681. The molecule has 2 N–H and O–H groups in total. The summed E-state index contributed by atoms with van der Waals surface area (Å²) in [5.41, 5.74) is 7.51. The molecule has 0 aliphatic heterocycles. The lowest BCUT2D eigenvalue weighted by Crippen LogP contribution is -1.96. The molecule has 0 aliphatic carbocycles. The molecule has 2 aromatic rings. The highest BCUT2D eigenvalue weighted by atomic mass is 127. The normalized spacial score (nSPS) is 10.8. The second kappa shape index (κ2) is 3.30. The summed E-state index contributed by atoms with van der Waals surface area (Å²) >= 11 is 2.21. The number of rotatable bonds is 1. The molecule has 0 amide bonds. The number of methoxy groups -OCH3 is 1. The third-order valence-electron chi connectivity index (χ3n) is 2.12. The zero-order chi connectivity index (χ0) is 10.3. The summed E-state index contributed by atoms with van der Waals surface area (Å²) in [6, 6.07) is 1.88. The number of aryl methyl sites for hydroxylation is 1. The van der Waals surface area contributed by atoms with Gasteiger partial charge in [-0.2, -0.15) is 0 Å². The number of nitrogens with zero attached hydrogens (tertiary/aromatic N) is 2. The van der Waals surface area contributed by atoms with Crippen LogP contribution in [0, 0.1) is 10.5 Å². The monoisotopic (exact) mass is 303 g/mol. The van der Waals surface area contributed by atoms with Crippen molar-refractivity contribution < 1.29 is 4.74 Å². The third kappa shape index (κ3) is 1.31. The predicted octanol–water partition coefficient (Wildman–Crippen LogP) is 1.84. The molecule has 2 aromatic heterocycles. The molecule has 0 atom stereocenters. The number of hydrogen-bond donors (Lipinski definition) is 1. The number of fused-ring (bicyclic) bond motifs is 1. The fourth-order valence-electron chi connectivity index (χ4n) is 1.34. The van der Waals surface area contributed by atoms with Gasteiger partial charge in [-0.3, -0.25) is 4.40 Å². The molecule has 0 unspecified atom stereocenters. The van der Waals surface area contributed by atoms with Gasteiger partial charge in [0, 0.05) is 12.3 Å². The maximum Gasteiger partial charge on any atom is 0.142 e. The van der Waals surface area contributed by atoms with Gasteiger partial charge in [-0.05, 0) is 29.5 Å². The Bertz CT molecular complexity index is 492. The van der Waals surface area contributed by atoms with E-state index in [9.17, 15) is 0 Å². The fraction of sp³-hybridized carbons (Fsp3) is 0.222. The second-order valence-electron chi connectivity index (χ2n) is 3.00. The van der Waals surface area contributed by atoms with Gasteiger partial charge in [0.15, 0.2) is 0 Å². The summed E-state index contributed by atoms with van der Waals surface area (Å²) in [6.07, 6.45) is 1.92. The summed E-state index contributed by atoms with van der Waals surface area (Å²) < 4.78 is 8.08. The van der Waals surface area contributed by atoms with Crippen molar-refractivity contribution in [2.75, 3.05) is 12.8 Å². The van der Waals surface area contributed by atoms with Crippen molar-refractivity contribution in [3.8, 4) is 5.75 Å². The molecular weight excluding hydrogens is 293 g/mol. The van der Waals surface area contributed by atoms with Crippen LogP contribution < -0.4 is 10.5 Å². The van der Waals surface area contributed by atoms with Crippen molar-refractivity contribution in [2.45, 2.75) is 6.92 Å². The molecule has 5 heteroatoms. The topological polar surface area (TPSA) is 52.5 Å². The summed E-state index contributed by atoms with van der Waals surface area (Å²) in [6.45, 7) is 1.89. The van der Waals surface area contributed by atoms with Gasteiger partial charge >= 0.3 is 0 Å². The van der Waals surface area contributed by atoms with Crippen LogP contribution in [-0.4, -0.2) is 16.5 Å². The molecule has 0 saturated carbocycles. The van der Waals surface area contributed by atoms with E-state index in [0.717, 1.165) is 20.7 Å². The van der Waals surface area contributed by atoms with Crippen LogP contribution in [0.2, 0.25) is 0 Å². The van der Waals surface area contributed by atoms with E-state index < -0.39 is 0 Å². The van der Waals surface area contributed by atoms with E-state index >= 15 is 0 Å². The predicted molar refractivity (Wildman–Crippen MR) is 63.6 cm³/mol. The van der Waals surface area contributed by atoms with Gasteiger partial charge in [0.2, 0.25) is 0 Å². The summed E-state index contributed by atoms with van der Waals surface area (Å²) in [7, 11) is 1.65. The Hall–Kier alpha value is -0.980. The van der Waals surface area contributed by atoms with Gasteiger partial charge in [-0.15, -0.1) is 0 Å². The standard InChI is InChI=1S/C9H10IN3O/c1-5-9(11)13-4-6(10)7(14-2)3-8(13)12-5/h3-4H,11H2,1-2H3. The number of halogens is 1. The van der Waals surface area contributed by atoms with E-state index in [1.807, 2.05) is 23.6 Å². The van der Waals surface area contributed by atoms with Crippen LogP contribution in [0.4, 0.5) is 5.82 Å². The number of nitrogens with two attached hydrogens (primary N) is 1. The Labute approximate surface area is 95.2 Å². The van der Waals surface area contributed by atoms with Crippen LogP contribution in [0.5, 0.6) is 5.75 Å². The number of pyridine rings is 1. The molecule has 0 bridgehead atoms. The maximum absolute atomic E-state index is 5.85. The second-order valence-corrected chi connectivity index (χ2v) is 4.16. The molecule has 2 heterocycles. The highest BCUT2D eigenvalue weighted by Gasteiger charge is 2.08.